The van der Waals surface area contributed by atoms with E-state index in [0.29, 0.717) is 10.6 Å². The van der Waals surface area contributed by atoms with Gasteiger partial charge in [-0.05, 0) is 23.2 Å². The summed E-state index contributed by atoms with van der Waals surface area (Å²) in [6.45, 7) is 0.0398. The summed E-state index contributed by atoms with van der Waals surface area (Å²) in [4.78, 5) is 2.56. The Morgan fingerprint density at radius 3 is 2.62 bits per heavy atom. The van der Waals surface area contributed by atoms with E-state index in [4.69, 9.17) is 17.1 Å². The van der Waals surface area contributed by atoms with Gasteiger partial charge in [-0.15, -0.1) is 0 Å². The number of hydrogen-bond donors (Lipinski definition) is 1. The number of aliphatic hydroxyl groups is 1. The van der Waals surface area contributed by atoms with Crippen LogP contribution >= 0.6 is 11.6 Å². The predicted molar refractivity (Wildman–Crippen MR) is 50.4 cm³/mol. The molecule has 13 heavy (non-hydrogen) atoms. The Kier molecular flexibility index (Phi) is 3.58. The number of azide groups is 1. The highest BCUT2D eigenvalue weighted by Crippen LogP contribution is 2.16. The summed E-state index contributed by atoms with van der Waals surface area (Å²) in [6, 6.07) is 6.74. The van der Waals surface area contributed by atoms with Crippen molar-refractivity contribution in [3.8, 4) is 0 Å². The molecule has 1 rings (SSSR count). The monoisotopic (exact) mass is 197 g/mol. The molecule has 1 atom stereocenters. The van der Waals surface area contributed by atoms with Gasteiger partial charge in [0.25, 0.3) is 0 Å². The van der Waals surface area contributed by atoms with Crippen molar-refractivity contribution >= 4 is 11.6 Å². The van der Waals surface area contributed by atoms with Crippen LogP contribution in [-0.4, -0.2) is 11.7 Å². The zero-order valence-corrected chi connectivity index (χ0v) is 7.52. The molecule has 0 bridgehead atoms. The lowest BCUT2D eigenvalue weighted by molar-refractivity contribution is 0.187. The van der Waals surface area contributed by atoms with Crippen molar-refractivity contribution in [3.63, 3.8) is 0 Å². The number of hydrogen-bond acceptors (Lipinski definition) is 2. The highest BCUT2D eigenvalue weighted by molar-refractivity contribution is 6.30. The van der Waals surface area contributed by atoms with E-state index in [9.17, 15) is 5.11 Å². The second-order valence-corrected chi connectivity index (χ2v) is 2.92. The Bertz CT molecular complexity index is 319. The van der Waals surface area contributed by atoms with Crippen LogP contribution in [-0.2, 0) is 0 Å². The Labute approximate surface area is 80.4 Å². The number of halogens is 1. The molecule has 1 aromatic rings. The second kappa shape index (κ2) is 4.72. The van der Waals surface area contributed by atoms with Gasteiger partial charge in [-0.25, -0.2) is 0 Å². The molecule has 4 nitrogen and oxygen atoms in total. The first-order chi connectivity index (χ1) is 6.24. The van der Waals surface area contributed by atoms with Crippen molar-refractivity contribution in [2.45, 2.75) is 6.10 Å². The molecule has 1 aromatic carbocycles. The standard InChI is InChI=1S/C8H8ClN3O/c9-7-3-1-6(2-4-7)8(13)5-11-12-10/h1-4,8,13H,5H2/t8-/m1/s1. The first kappa shape index (κ1) is 9.86. The van der Waals surface area contributed by atoms with Crippen LogP contribution in [0.15, 0.2) is 29.4 Å². The van der Waals surface area contributed by atoms with Crippen LogP contribution in [0, 0.1) is 0 Å². The van der Waals surface area contributed by atoms with Gasteiger partial charge in [0, 0.05) is 9.93 Å². The van der Waals surface area contributed by atoms with Gasteiger partial charge in [-0.3, -0.25) is 0 Å². The maximum Gasteiger partial charge on any atom is 0.0846 e. The molecular formula is C8H8ClN3O. The molecule has 0 spiro atoms. The minimum Gasteiger partial charge on any atom is -0.388 e. The predicted octanol–water partition coefficient (Wildman–Crippen LogP) is 2.68. The van der Waals surface area contributed by atoms with E-state index < -0.39 is 6.10 Å². The Balaban J connectivity index is 2.71. The van der Waals surface area contributed by atoms with Crippen molar-refractivity contribution in [2.24, 2.45) is 5.11 Å². The quantitative estimate of drug-likeness (QED) is 0.452. The summed E-state index contributed by atoms with van der Waals surface area (Å²) in [5.41, 5.74) is 8.72. The number of aliphatic hydroxyl groups excluding tert-OH is 1. The topological polar surface area (TPSA) is 69.0 Å². The summed E-state index contributed by atoms with van der Waals surface area (Å²) in [7, 11) is 0. The van der Waals surface area contributed by atoms with Crippen molar-refractivity contribution in [1.82, 2.24) is 0 Å². The Morgan fingerprint density at radius 2 is 2.08 bits per heavy atom. The molecule has 0 aliphatic heterocycles. The van der Waals surface area contributed by atoms with E-state index >= 15 is 0 Å². The van der Waals surface area contributed by atoms with Crippen LogP contribution in [0.3, 0.4) is 0 Å². The van der Waals surface area contributed by atoms with Crippen LogP contribution in [0.4, 0.5) is 0 Å². The Hall–Kier alpha value is -1.22. The molecule has 0 radical (unpaired) electrons. The van der Waals surface area contributed by atoms with Crippen LogP contribution in [0.2, 0.25) is 5.02 Å². The number of nitrogens with zero attached hydrogens (tertiary/aromatic N) is 3. The fraction of sp³-hybridized carbons (Fsp3) is 0.250. The van der Waals surface area contributed by atoms with E-state index in [1.54, 1.807) is 24.3 Å². The minimum absolute atomic E-state index is 0.0398. The van der Waals surface area contributed by atoms with Gasteiger partial charge in [0.2, 0.25) is 0 Å². The summed E-state index contributed by atoms with van der Waals surface area (Å²) in [5.74, 6) is 0. The summed E-state index contributed by atoms with van der Waals surface area (Å²) >= 11 is 5.66. The summed E-state index contributed by atoms with van der Waals surface area (Å²) in [6.07, 6.45) is -0.756. The summed E-state index contributed by atoms with van der Waals surface area (Å²) in [5, 5.41) is 13.3. The molecule has 0 aliphatic carbocycles. The first-order valence-electron chi connectivity index (χ1n) is 3.68. The smallest absolute Gasteiger partial charge is 0.0846 e. The SMILES string of the molecule is [N-]=[N+]=NC[C@@H](O)c1ccc(Cl)cc1. The van der Waals surface area contributed by atoms with Crippen LogP contribution < -0.4 is 0 Å². The maximum absolute atomic E-state index is 9.43. The number of rotatable bonds is 3. The molecule has 0 unspecified atom stereocenters. The van der Waals surface area contributed by atoms with Crippen molar-refractivity contribution in [2.75, 3.05) is 6.54 Å². The van der Waals surface area contributed by atoms with Crippen LogP contribution in [0.1, 0.15) is 11.7 Å². The number of benzene rings is 1. The maximum atomic E-state index is 9.43. The normalized spacial score (nSPS) is 11.8. The van der Waals surface area contributed by atoms with Crippen LogP contribution in [0.25, 0.3) is 10.4 Å². The van der Waals surface area contributed by atoms with E-state index in [2.05, 4.69) is 10.0 Å². The average Bonchev–Trinajstić information content (AvgIpc) is 2.15. The molecule has 0 amide bonds. The van der Waals surface area contributed by atoms with E-state index in [1.807, 2.05) is 0 Å². The van der Waals surface area contributed by atoms with Gasteiger partial charge in [0.15, 0.2) is 0 Å². The van der Waals surface area contributed by atoms with Gasteiger partial charge in [-0.1, -0.05) is 28.8 Å². The van der Waals surface area contributed by atoms with Gasteiger partial charge < -0.3 is 5.11 Å². The van der Waals surface area contributed by atoms with Gasteiger partial charge in [-0.2, -0.15) is 0 Å². The molecule has 0 saturated heterocycles. The fourth-order valence-corrected chi connectivity index (χ4v) is 1.03. The minimum atomic E-state index is -0.756. The molecule has 0 fully saturated rings. The molecule has 0 heterocycles. The third-order valence-electron chi connectivity index (χ3n) is 1.57. The van der Waals surface area contributed by atoms with Crippen molar-refractivity contribution in [1.29, 1.82) is 0 Å². The van der Waals surface area contributed by atoms with Gasteiger partial charge in [0.05, 0.1) is 12.6 Å². The Morgan fingerprint density at radius 1 is 1.46 bits per heavy atom. The summed E-state index contributed by atoms with van der Waals surface area (Å²) < 4.78 is 0. The second-order valence-electron chi connectivity index (χ2n) is 2.48. The van der Waals surface area contributed by atoms with E-state index in [1.165, 1.54) is 0 Å². The van der Waals surface area contributed by atoms with E-state index in [-0.39, 0.29) is 6.54 Å². The molecule has 1 N–H and O–H groups in total. The zero-order chi connectivity index (χ0) is 9.68. The molecule has 0 saturated carbocycles. The van der Waals surface area contributed by atoms with Gasteiger partial charge in [0.1, 0.15) is 0 Å². The average molecular weight is 198 g/mol. The third kappa shape index (κ3) is 2.95. The molecular weight excluding hydrogens is 190 g/mol. The highest BCUT2D eigenvalue weighted by atomic mass is 35.5. The molecule has 0 aromatic heterocycles. The lowest BCUT2D eigenvalue weighted by atomic mass is 10.1. The largest absolute Gasteiger partial charge is 0.388 e. The van der Waals surface area contributed by atoms with E-state index in [0.717, 1.165) is 0 Å². The molecule has 0 aliphatic rings. The first-order valence-corrected chi connectivity index (χ1v) is 4.06. The molecule has 5 heteroatoms. The van der Waals surface area contributed by atoms with Crippen molar-refractivity contribution in [3.05, 3.63) is 45.3 Å². The molecule has 68 valence electrons. The third-order valence-corrected chi connectivity index (χ3v) is 1.82. The highest BCUT2D eigenvalue weighted by Gasteiger charge is 2.04. The fourth-order valence-electron chi connectivity index (χ4n) is 0.904. The lowest BCUT2D eigenvalue weighted by Gasteiger charge is -2.06. The lowest BCUT2D eigenvalue weighted by Crippen LogP contribution is -1.99. The van der Waals surface area contributed by atoms with Crippen molar-refractivity contribution < 1.29 is 5.11 Å². The van der Waals surface area contributed by atoms with Gasteiger partial charge >= 0.3 is 0 Å². The van der Waals surface area contributed by atoms with Crippen LogP contribution in [0.5, 0.6) is 0 Å². The zero-order valence-electron chi connectivity index (χ0n) is 6.76.